The maximum absolute atomic E-state index is 8.79. The molecule has 0 aliphatic rings. The molecule has 1 aromatic carbocycles. The van der Waals surface area contributed by atoms with E-state index in [-0.39, 0.29) is 6.61 Å². The quantitative estimate of drug-likeness (QED) is 0.719. The highest BCUT2D eigenvalue weighted by Crippen LogP contribution is 2.14. The Morgan fingerprint density at radius 3 is 2.61 bits per heavy atom. The van der Waals surface area contributed by atoms with Crippen LogP contribution < -0.4 is 10.5 Å². The minimum Gasteiger partial charge on any atom is -0.494 e. The zero-order valence-corrected chi connectivity index (χ0v) is 10.7. The lowest BCUT2D eigenvalue weighted by atomic mass is 10.00. The van der Waals surface area contributed by atoms with Gasteiger partial charge in [-0.1, -0.05) is 12.1 Å². The van der Waals surface area contributed by atoms with Gasteiger partial charge >= 0.3 is 0 Å². The largest absolute Gasteiger partial charge is 0.494 e. The molecule has 4 nitrogen and oxygen atoms in total. The van der Waals surface area contributed by atoms with Gasteiger partial charge in [-0.2, -0.15) is 5.26 Å². The Kier molecular flexibility index (Phi) is 5.63. The van der Waals surface area contributed by atoms with Gasteiger partial charge < -0.3 is 15.6 Å². The van der Waals surface area contributed by atoms with Gasteiger partial charge in [-0.3, -0.25) is 0 Å². The van der Waals surface area contributed by atoms with E-state index in [1.807, 2.05) is 24.3 Å². The predicted molar refractivity (Wildman–Crippen MR) is 70.2 cm³/mol. The highest BCUT2D eigenvalue weighted by atomic mass is 16.5. The maximum atomic E-state index is 8.79. The monoisotopic (exact) mass is 248 g/mol. The molecule has 0 saturated carbocycles. The Balaban J connectivity index is 2.30. The van der Waals surface area contributed by atoms with Crippen LogP contribution in [0.25, 0.3) is 0 Å². The third kappa shape index (κ3) is 5.17. The fourth-order valence-corrected chi connectivity index (χ4v) is 1.57. The van der Waals surface area contributed by atoms with Gasteiger partial charge in [-0.05, 0) is 43.9 Å². The number of aliphatic hydroxyl groups excluding tert-OH is 1. The molecule has 0 aliphatic heterocycles. The van der Waals surface area contributed by atoms with Crippen molar-refractivity contribution in [3.8, 4) is 11.8 Å². The molecule has 1 rings (SSSR count). The lowest BCUT2D eigenvalue weighted by Crippen LogP contribution is -2.34. The summed E-state index contributed by atoms with van der Waals surface area (Å²) in [6.45, 7) is 2.42. The van der Waals surface area contributed by atoms with E-state index in [1.54, 1.807) is 6.92 Å². The molecule has 0 bridgehead atoms. The summed E-state index contributed by atoms with van der Waals surface area (Å²) < 4.78 is 5.55. The summed E-state index contributed by atoms with van der Waals surface area (Å²) in [5, 5.41) is 17.5. The van der Waals surface area contributed by atoms with E-state index in [4.69, 9.17) is 20.8 Å². The molecule has 3 N–H and O–H groups in total. The van der Waals surface area contributed by atoms with Crippen molar-refractivity contribution in [2.24, 2.45) is 5.73 Å². The van der Waals surface area contributed by atoms with Crippen LogP contribution in [0.1, 0.15) is 25.3 Å². The molecule has 0 aliphatic carbocycles. The standard InChI is InChI=1S/C14H20N2O2/c1-14(16,11-15)8-2-10-18-13-5-3-12(4-6-13)7-9-17/h3-6,17H,2,7-10,16H2,1H3. The molecule has 18 heavy (non-hydrogen) atoms. The summed E-state index contributed by atoms with van der Waals surface area (Å²) in [6.07, 6.45) is 2.03. The van der Waals surface area contributed by atoms with Crippen LogP contribution in [-0.2, 0) is 6.42 Å². The van der Waals surface area contributed by atoms with Crippen LogP contribution in [0.3, 0.4) is 0 Å². The fraction of sp³-hybridized carbons (Fsp3) is 0.500. The average molecular weight is 248 g/mol. The van der Waals surface area contributed by atoms with Gasteiger partial charge in [0.2, 0.25) is 0 Å². The van der Waals surface area contributed by atoms with Crippen molar-refractivity contribution in [2.75, 3.05) is 13.2 Å². The second-order valence-corrected chi connectivity index (χ2v) is 4.60. The van der Waals surface area contributed by atoms with E-state index in [2.05, 4.69) is 6.07 Å². The molecular weight excluding hydrogens is 228 g/mol. The number of ether oxygens (including phenoxy) is 1. The number of benzene rings is 1. The Bertz CT molecular complexity index is 393. The number of hydrogen-bond donors (Lipinski definition) is 2. The van der Waals surface area contributed by atoms with Crippen LogP contribution in [0.4, 0.5) is 0 Å². The summed E-state index contributed by atoms with van der Waals surface area (Å²) in [7, 11) is 0. The highest BCUT2D eigenvalue weighted by Gasteiger charge is 2.16. The molecule has 0 radical (unpaired) electrons. The predicted octanol–water partition coefficient (Wildman–Crippen LogP) is 1.62. The van der Waals surface area contributed by atoms with Crippen molar-refractivity contribution in [3.05, 3.63) is 29.8 Å². The summed E-state index contributed by atoms with van der Waals surface area (Å²) in [4.78, 5) is 0. The first-order valence-corrected chi connectivity index (χ1v) is 6.10. The zero-order chi connectivity index (χ0) is 13.4. The molecule has 0 fully saturated rings. The highest BCUT2D eigenvalue weighted by molar-refractivity contribution is 5.27. The number of nitriles is 1. The third-order valence-corrected chi connectivity index (χ3v) is 2.69. The van der Waals surface area contributed by atoms with Crippen molar-refractivity contribution in [1.29, 1.82) is 5.26 Å². The minimum atomic E-state index is -0.770. The van der Waals surface area contributed by atoms with Crippen molar-refractivity contribution >= 4 is 0 Å². The van der Waals surface area contributed by atoms with Gasteiger partial charge in [0.1, 0.15) is 11.3 Å². The van der Waals surface area contributed by atoms with Gasteiger partial charge in [0.25, 0.3) is 0 Å². The normalized spacial score (nSPS) is 13.7. The van der Waals surface area contributed by atoms with Crippen LogP contribution in [0.5, 0.6) is 5.75 Å². The van der Waals surface area contributed by atoms with E-state index in [0.29, 0.717) is 19.4 Å². The van der Waals surface area contributed by atoms with Gasteiger partial charge in [-0.25, -0.2) is 0 Å². The van der Waals surface area contributed by atoms with Crippen LogP contribution in [0.15, 0.2) is 24.3 Å². The molecule has 0 saturated heterocycles. The maximum Gasteiger partial charge on any atom is 0.119 e. The van der Waals surface area contributed by atoms with E-state index >= 15 is 0 Å². The van der Waals surface area contributed by atoms with E-state index < -0.39 is 5.54 Å². The van der Waals surface area contributed by atoms with E-state index in [0.717, 1.165) is 17.7 Å². The molecule has 1 unspecified atom stereocenters. The smallest absolute Gasteiger partial charge is 0.119 e. The molecule has 0 heterocycles. The number of aliphatic hydroxyl groups is 1. The van der Waals surface area contributed by atoms with Gasteiger partial charge in [0.05, 0.1) is 12.7 Å². The molecule has 98 valence electrons. The van der Waals surface area contributed by atoms with E-state index in [1.165, 1.54) is 0 Å². The number of nitrogens with two attached hydrogens (primary N) is 1. The Morgan fingerprint density at radius 1 is 1.39 bits per heavy atom. The Hall–Kier alpha value is -1.57. The number of nitrogens with zero attached hydrogens (tertiary/aromatic N) is 1. The lowest BCUT2D eigenvalue weighted by Gasteiger charge is -2.15. The molecule has 1 aromatic rings. The number of hydrogen-bond acceptors (Lipinski definition) is 4. The second-order valence-electron chi connectivity index (χ2n) is 4.60. The first kappa shape index (κ1) is 14.5. The average Bonchev–Trinajstić information content (AvgIpc) is 2.37. The molecule has 4 heteroatoms. The molecule has 0 spiro atoms. The topological polar surface area (TPSA) is 79.3 Å². The first-order valence-electron chi connectivity index (χ1n) is 6.10. The lowest BCUT2D eigenvalue weighted by molar-refractivity contribution is 0.294. The van der Waals surface area contributed by atoms with Crippen LogP contribution in [0.2, 0.25) is 0 Å². The van der Waals surface area contributed by atoms with Gasteiger partial charge in [0, 0.05) is 6.61 Å². The van der Waals surface area contributed by atoms with Gasteiger partial charge in [0.15, 0.2) is 0 Å². The second kappa shape index (κ2) is 7.00. The van der Waals surface area contributed by atoms with Crippen molar-refractivity contribution in [3.63, 3.8) is 0 Å². The Morgan fingerprint density at radius 2 is 2.06 bits per heavy atom. The van der Waals surface area contributed by atoms with Crippen molar-refractivity contribution in [2.45, 2.75) is 31.7 Å². The summed E-state index contributed by atoms with van der Waals surface area (Å²) in [5.74, 6) is 0.798. The summed E-state index contributed by atoms with van der Waals surface area (Å²) >= 11 is 0. The van der Waals surface area contributed by atoms with Crippen molar-refractivity contribution < 1.29 is 9.84 Å². The van der Waals surface area contributed by atoms with E-state index in [9.17, 15) is 0 Å². The summed E-state index contributed by atoms with van der Waals surface area (Å²) in [6, 6.07) is 9.71. The molecule has 0 amide bonds. The third-order valence-electron chi connectivity index (χ3n) is 2.69. The molecule has 1 atom stereocenters. The van der Waals surface area contributed by atoms with Crippen LogP contribution in [0, 0.1) is 11.3 Å². The summed E-state index contributed by atoms with van der Waals surface area (Å²) in [5.41, 5.74) is 6.03. The van der Waals surface area contributed by atoms with Gasteiger partial charge in [-0.15, -0.1) is 0 Å². The minimum absolute atomic E-state index is 0.156. The van der Waals surface area contributed by atoms with Crippen LogP contribution >= 0.6 is 0 Å². The zero-order valence-electron chi connectivity index (χ0n) is 10.7. The Labute approximate surface area is 108 Å². The van der Waals surface area contributed by atoms with Crippen molar-refractivity contribution in [1.82, 2.24) is 0 Å². The van der Waals surface area contributed by atoms with Crippen LogP contribution in [-0.4, -0.2) is 23.9 Å². The SMILES string of the molecule is CC(N)(C#N)CCCOc1ccc(CCO)cc1. The first-order chi connectivity index (χ1) is 8.57. The molecular formula is C14H20N2O2. The number of rotatable bonds is 7. The molecule has 0 aromatic heterocycles. The fourth-order valence-electron chi connectivity index (χ4n) is 1.57.